The lowest BCUT2D eigenvalue weighted by Gasteiger charge is -2.09. The highest BCUT2D eigenvalue weighted by Crippen LogP contribution is 2.29. The maximum absolute atomic E-state index is 3.64. The first-order valence-corrected chi connectivity index (χ1v) is 9.59. The lowest BCUT2D eigenvalue weighted by atomic mass is 10.1. The molecule has 1 N–H and O–H groups in total. The van der Waals surface area contributed by atoms with Gasteiger partial charge in [0.2, 0.25) is 0 Å². The first kappa shape index (κ1) is 19.3. The third-order valence-electron chi connectivity index (χ3n) is 4.54. The lowest BCUT2D eigenvalue weighted by molar-refractivity contribution is -0.564. The Morgan fingerprint density at radius 1 is 0.741 bits per heavy atom. The zero-order valence-corrected chi connectivity index (χ0v) is 17.7. The maximum Gasteiger partial charge on any atom is 0.344 e. The van der Waals surface area contributed by atoms with Crippen LogP contribution in [0.2, 0.25) is 0 Å². The Balaban J connectivity index is 0.00000210. The number of benzene rings is 3. The van der Waals surface area contributed by atoms with Gasteiger partial charge in [0.15, 0.2) is 5.69 Å². The van der Waals surface area contributed by atoms with Crippen molar-refractivity contribution in [2.45, 2.75) is 13.8 Å². The number of anilines is 2. The first-order chi connectivity index (χ1) is 12.7. The summed E-state index contributed by atoms with van der Waals surface area (Å²) in [5.41, 5.74) is 7.23. The van der Waals surface area contributed by atoms with Crippen LogP contribution in [0.4, 0.5) is 10.8 Å². The predicted molar refractivity (Wildman–Crippen MR) is 110 cm³/mol. The molecule has 3 aromatic carbocycles. The SMILES string of the molecule is Cc1ccccc1Nc1scc(-c2ccccc2)[n+]1-c1ccccc1C.[Br-]. The highest BCUT2D eigenvalue weighted by Gasteiger charge is 2.23. The molecule has 27 heavy (non-hydrogen) atoms. The summed E-state index contributed by atoms with van der Waals surface area (Å²) in [7, 11) is 0. The molecular weight excluding hydrogens is 416 g/mol. The standard InChI is InChI=1S/C23H20N2S.BrH/c1-17-10-6-8-14-20(17)24-23-25(21-15-9-7-11-18(21)2)22(16-26-23)19-12-4-3-5-13-19;/h3-16H,1-2H3;1H. The number of nitrogens with one attached hydrogen (secondary N) is 1. The van der Waals surface area contributed by atoms with Gasteiger partial charge in [-0.15, -0.1) is 0 Å². The molecule has 136 valence electrons. The van der Waals surface area contributed by atoms with Gasteiger partial charge in [-0.1, -0.05) is 78.1 Å². The molecule has 1 heterocycles. The molecule has 0 aliphatic carbocycles. The minimum Gasteiger partial charge on any atom is -1.00 e. The quantitative estimate of drug-likeness (QED) is 0.486. The second-order valence-corrected chi connectivity index (χ2v) is 7.21. The van der Waals surface area contributed by atoms with E-state index in [1.165, 1.54) is 28.1 Å². The molecule has 0 aliphatic rings. The van der Waals surface area contributed by atoms with Gasteiger partial charge < -0.3 is 17.0 Å². The minimum atomic E-state index is 0. The summed E-state index contributed by atoms with van der Waals surface area (Å²) >= 11 is 1.73. The molecule has 4 heteroatoms. The normalized spacial score (nSPS) is 10.3. The lowest BCUT2D eigenvalue weighted by Crippen LogP contribution is -3.00. The topological polar surface area (TPSA) is 15.9 Å². The van der Waals surface area contributed by atoms with E-state index in [4.69, 9.17) is 0 Å². The van der Waals surface area contributed by atoms with E-state index in [2.05, 4.69) is 108 Å². The Morgan fingerprint density at radius 2 is 1.37 bits per heavy atom. The van der Waals surface area contributed by atoms with Crippen LogP contribution < -0.4 is 26.9 Å². The summed E-state index contributed by atoms with van der Waals surface area (Å²) in [6.45, 7) is 4.29. The number of hydrogen-bond donors (Lipinski definition) is 1. The van der Waals surface area contributed by atoms with E-state index in [1.54, 1.807) is 11.3 Å². The van der Waals surface area contributed by atoms with Gasteiger partial charge in [-0.25, -0.2) is 5.32 Å². The van der Waals surface area contributed by atoms with Crippen molar-refractivity contribution >= 4 is 22.2 Å². The molecule has 0 saturated carbocycles. The molecule has 2 nitrogen and oxygen atoms in total. The number of hydrogen-bond acceptors (Lipinski definition) is 2. The average molecular weight is 437 g/mol. The number of aromatic nitrogens is 1. The minimum absolute atomic E-state index is 0. The monoisotopic (exact) mass is 436 g/mol. The molecule has 0 unspecified atom stereocenters. The largest absolute Gasteiger partial charge is 1.00 e. The van der Waals surface area contributed by atoms with E-state index in [9.17, 15) is 0 Å². The van der Waals surface area contributed by atoms with Gasteiger partial charge in [-0.2, -0.15) is 4.57 Å². The Morgan fingerprint density at radius 3 is 2.07 bits per heavy atom. The molecule has 0 aliphatic heterocycles. The summed E-state index contributed by atoms with van der Waals surface area (Å²) < 4.78 is 2.32. The number of para-hydroxylation sites is 2. The van der Waals surface area contributed by atoms with Gasteiger partial charge in [0.05, 0.1) is 0 Å². The van der Waals surface area contributed by atoms with Gasteiger partial charge in [0.25, 0.3) is 0 Å². The van der Waals surface area contributed by atoms with Crippen LogP contribution in [0.3, 0.4) is 0 Å². The van der Waals surface area contributed by atoms with Crippen LogP contribution in [0.15, 0.2) is 84.2 Å². The number of aryl methyl sites for hydroxylation is 2. The van der Waals surface area contributed by atoms with Crippen molar-refractivity contribution < 1.29 is 21.5 Å². The number of nitrogens with zero attached hydrogens (tertiary/aromatic N) is 1. The van der Waals surface area contributed by atoms with E-state index in [0.29, 0.717) is 0 Å². The highest BCUT2D eigenvalue weighted by atomic mass is 79.9. The average Bonchev–Trinajstić information content (AvgIpc) is 3.08. The van der Waals surface area contributed by atoms with Crippen molar-refractivity contribution in [2.75, 3.05) is 5.32 Å². The molecule has 0 amide bonds. The number of rotatable bonds is 4. The second kappa shape index (κ2) is 8.51. The van der Waals surface area contributed by atoms with Gasteiger partial charge in [-0.05, 0) is 37.1 Å². The first-order valence-electron chi connectivity index (χ1n) is 8.71. The molecule has 0 bridgehead atoms. The summed E-state index contributed by atoms with van der Waals surface area (Å²) in [5, 5.41) is 6.97. The van der Waals surface area contributed by atoms with Crippen LogP contribution in [0.5, 0.6) is 0 Å². The van der Waals surface area contributed by atoms with Crippen molar-refractivity contribution in [3.05, 3.63) is 95.4 Å². The zero-order valence-electron chi connectivity index (χ0n) is 15.3. The number of thiazole rings is 1. The molecule has 0 saturated heterocycles. The van der Waals surface area contributed by atoms with E-state index in [1.807, 2.05) is 0 Å². The molecule has 4 rings (SSSR count). The smallest absolute Gasteiger partial charge is 0.344 e. The Bertz CT molecular complexity index is 1040. The fourth-order valence-electron chi connectivity index (χ4n) is 3.10. The summed E-state index contributed by atoms with van der Waals surface area (Å²) in [6, 6.07) is 27.5. The molecule has 1 aromatic heterocycles. The Kier molecular flexibility index (Phi) is 6.09. The zero-order chi connectivity index (χ0) is 17.9. The Hall–Kier alpha value is -2.43. The van der Waals surface area contributed by atoms with Crippen molar-refractivity contribution in [2.24, 2.45) is 0 Å². The number of halogens is 1. The van der Waals surface area contributed by atoms with Gasteiger partial charge in [-0.3, -0.25) is 0 Å². The van der Waals surface area contributed by atoms with Gasteiger partial charge in [0.1, 0.15) is 11.4 Å². The third kappa shape index (κ3) is 3.97. The molecule has 4 aromatic rings. The van der Waals surface area contributed by atoms with Crippen LogP contribution in [-0.4, -0.2) is 0 Å². The van der Waals surface area contributed by atoms with Crippen molar-refractivity contribution in [3.63, 3.8) is 0 Å². The fourth-order valence-corrected chi connectivity index (χ4v) is 4.04. The summed E-state index contributed by atoms with van der Waals surface area (Å²) in [4.78, 5) is 0. The third-order valence-corrected chi connectivity index (χ3v) is 5.39. The summed E-state index contributed by atoms with van der Waals surface area (Å²) in [5.74, 6) is 0. The van der Waals surface area contributed by atoms with Crippen LogP contribution in [0.1, 0.15) is 11.1 Å². The van der Waals surface area contributed by atoms with E-state index in [-0.39, 0.29) is 17.0 Å². The summed E-state index contributed by atoms with van der Waals surface area (Å²) in [6.07, 6.45) is 0. The molecule has 0 spiro atoms. The van der Waals surface area contributed by atoms with Crippen LogP contribution in [-0.2, 0) is 0 Å². The van der Waals surface area contributed by atoms with Gasteiger partial charge in [0, 0.05) is 10.9 Å². The molecular formula is C23H21BrN2S. The molecule has 0 fully saturated rings. The van der Waals surface area contributed by atoms with Crippen molar-refractivity contribution in [3.8, 4) is 16.9 Å². The second-order valence-electron chi connectivity index (χ2n) is 6.35. The van der Waals surface area contributed by atoms with Gasteiger partial charge >= 0.3 is 5.13 Å². The van der Waals surface area contributed by atoms with E-state index < -0.39 is 0 Å². The van der Waals surface area contributed by atoms with Crippen molar-refractivity contribution in [1.82, 2.24) is 0 Å². The van der Waals surface area contributed by atoms with E-state index in [0.717, 1.165) is 10.8 Å². The Labute approximate surface area is 174 Å². The van der Waals surface area contributed by atoms with Crippen LogP contribution >= 0.6 is 11.3 Å². The molecule has 0 atom stereocenters. The highest BCUT2D eigenvalue weighted by molar-refractivity contribution is 7.13. The van der Waals surface area contributed by atoms with E-state index >= 15 is 0 Å². The van der Waals surface area contributed by atoms with Crippen LogP contribution in [0, 0.1) is 13.8 Å². The maximum atomic E-state index is 3.64. The fraction of sp³-hybridized carbons (Fsp3) is 0.0870. The van der Waals surface area contributed by atoms with Crippen LogP contribution in [0.25, 0.3) is 16.9 Å². The van der Waals surface area contributed by atoms with Crippen molar-refractivity contribution in [1.29, 1.82) is 0 Å². The predicted octanol–water partition coefficient (Wildman–Crippen LogP) is 3.06. The molecule has 0 radical (unpaired) electrons.